The molecule has 0 aromatic rings. The summed E-state index contributed by atoms with van der Waals surface area (Å²) in [4.78, 5) is 0. The molecule has 0 heteroatoms. The second kappa shape index (κ2) is 4.16. The van der Waals surface area contributed by atoms with Crippen molar-refractivity contribution >= 4 is 0 Å². The summed E-state index contributed by atoms with van der Waals surface area (Å²) in [5.41, 5.74) is 1.58. The van der Waals surface area contributed by atoms with Crippen molar-refractivity contribution in [1.82, 2.24) is 0 Å². The molecule has 1 aliphatic carbocycles. The Hall–Kier alpha value is -0.780. The van der Waals surface area contributed by atoms with Crippen LogP contribution in [-0.4, -0.2) is 0 Å². The second-order valence-electron chi connectivity index (χ2n) is 4.87. The SMILES string of the molecule is C=C[C@@H]1C[C@H](C(=C)C)CC[C@@]1(C)C=C. The van der Waals surface area contributed by atoms with Gasteiger partial charge >= 0.3 is 0 Å². The van der Waals surface area contributed by atoms with Crippen molar-refractivity contribution in [2.45, 2.75) is 33.1 Å². The predicted octanol–water partition coefficient (Wildman–Crippen LogP) is 4.36. The zero-order chi connectivity index (χ0) is 10.8. The normalized spacial score (nSPS) is 37.6. The molecule has 1 aliphatic rings. The van der Waals surface area contributed by atoms with E-state index in [1.165, 1.54) is 24.8 Å². The lowest BCUT2D eigenvalue weighted by Crippen LogP contribution is -2.31. The van der Waals surface area contributed by atoms with Crippen LogP contribution in [0.1, 0.15) is 33.1 Å². The highest BCUT2D eigenvalue weighted by Gasteiger charge is 2.35. The van der Waals surface area contributed by atoms with Gasteiger partial charge in [-0.3, -0.25) is 0 Å². The molecule has 78 valence electrons. The van der Waals surface area contributed by atoms with Crippen molar-refractivity contribution in [2.24, 2.45) is 17.3 Å². The van der Waals surface area contributed by atoms with E-state index in [1.54, 1.807) is 0 Å². The lowest BCUT2D eigenvalue weighted by Gasteiger charge is -2.41. The van der Waals surface area contributed by atoms with Crippen molar-refractivity contribution < 1.29 is 0 Å². The zero-order valence-corrected chi connectivity index (χ0v) is 9.55. The van der Waals surface area contributed by atoms with Crippen molar-refractivity contribution in [3.63, 3.8) is 0 Å². The third kappa shape index (κ3) is 2.00. The Morgan fingerprint density at radius 3 is 2.50 bits per heavy atom. The molecule has 0 radical (unpaired) electrons. The summed E-state index contributed by atoms with van der Waals surface area (Å²) in [6.45, 7) is 16.4. The lowest BCUT2D eigenvalue weighted by molar-refractivity contribution is 0.179. The Morgan fingerprint density at radius 2 is 2.07 bits per heavy atom. The first kappa shape index (κ1) is 11.3. The van der Waals surface area contributed by atoms with Crippen LogP contribution in [0, 0.1) is 17.3 Å². The van der Waals surface area contributed by atoms with Crippen LogP contribution in [0.15, 0.2) is 37.5 Å². The molecule has 0 aromatic heterocycles. The molecule has 3 atom stereocenters. The molecule has 0 saturated heterocycles. The maximum Gasteiger partial charge on any atom is -0.00861 e. The van der Waals surface area contributed by atoms with Crippen LogP contribution in [0.5, 0.6) is 0 Å². The molecule has 0 unspecified atom stereocenters. The highest BCUT2D eigenvalue weighted by molar-refractivity contribution is 5.10. The average Bonchev–Trinajstić information content (AvgIpc) is 2.18. The third-order valence-corrected chi connectivity index (χ3v) is 3.86. The van der Waals surface area contributed by atoms with E-state index in [0.29, 0.717) is 11.8 Å². The van der Waals surface area contributed by atoms with Gasteiger partial charge in [0.2, 0.25) is 0 Å². The number of rotatable bonds is 3. The van der Waals surface area contributed by atoms with Gasteiger partial charge in [0.1, 0.15) is 0 Å². The van der Waals surface area contributed by atoms with E-state index in [0.717, 1.165) is 0 Å². The molecular formula is C14H22. The molecule has 0 amide bonds. The van der Waals surface area contributed by atoms with Crippen molar-refractivity contribution in [1.29, 1.82) is 0 Å². The monoisotopic (exact) mass is 190 g/mol. The molecular weight excluding hydrogens is 168 g/mol. The van der Waals surface area contributed by atoms with Crippen molar-refractivity contribution in [2.75, 3.05) is 0 Å². The van der Waals surface area contributed by atoms with E-state index in [9.17, 15) is 0 Å². The molecule has 0 aromatic carbocycles. The molecule has 0 heterocycles. The summed E-state index contributed by atoms with van der Waals surface area (Å²) < 4.78 is 0. The molecule has 1 rings (SSSR count). The summed E-state index contributed by atoms with van der Waals surface area (Å²) in [7, 11) is 0. The first-order chi connectivity index (χ1) is 6.53. The van der Waals surface area contributed by atoms with Crippen LogP contribution in [0.2, 0.25) is 0 Å². The minimum absolute atomic E-state index is 0.258. The van der Waals surface area contributed by atoms with E-state index in [4.69, 9.17) is 0 Å². The molecule has 0 N–H and O–H groups in total. The van der Waals surface area contributed by atoms with Gasteiger partial charge < -0.3 is 0 Å². The third-order valence-electron chi connectivity index (χ3n) is 3.86. The summed E-state index contributed by atoms with van der Waals surface area (Å²) >= 11 is 0. The van der Waals surface area contributed by atoms with Crippen molar-refractivity contribution in [3.8, 4) is 0 Å². The van der Waals surface area contributed by atoms with Gasteiger partial charge in [-0.05, 0) is 43.4 Å². The topological polar surface area (TPSA) is 0 Å². The largest absolute Gasteiger partial charge is 0.103 e. The first-order valence-electron chi connectivity index (χ1n) is 5.45. The quantitative estimate of drug-likeness (QED) is 0.580. The Morgan fingerprint density at radius 1 is 1.43 bits per heavy atom. The van der Waals surface area contributed by atoms with Crippen LogP contribution >= 0.6 is 0 Å². The Bertz CT molecular complexity index is 249. The second-order valence-corrected chi connectivity index (χ2v) is 4.87. The van der Waals surface area contributed by atoms with E-state index >= 15 is 0 Å². The Labute approximate surface area is 88.4 Å². The predicted molar refractivity (Wildman–Crippen MR) is 64.1 cm³/mol. The zero-order valence-electron chi connectivity index (χ0n) is 9.55. The van der Waals surface area contributed by atoms with Crippen LogP contribution in [0.4, 0.5) is 0 Å². The van der Waals surface area contributed by atoms with Gasteiger partial charge in [-0.1, -0.05) is 31.2 Å². The number of hydrogen-bond donors (Lipinski definition) is 0. The summed E-state index contributed by atoms with van der Waals surface area (Å²) in [5, 5.41) is 0. The van der Waals surface area contributed by atoms with E-state index in [-0.39, 0.29) is 5.41 Å². The van der Waals surface area contributed by atoms with Gasteiger partial charge in [-0.2, -0.15) is 0 Å². The first-order valence-corrected chi connectivity index (χ1v) is 5.45. The van der Waals surface area contributed by atoms with Crippen LogP contribution in [0.3, 0.4) is 0 Å². The fourth-order valence-corrected chi connectivity index (χ4v) is 2.43. The minimum Gasteiger partial charge on any atom is -0.103 e. The molecule has 0 aliphatic heterocycles. The highest BCUT2D eigenvalue weighted by atomic mass is 14.4. The average molecular weight is 190 g/mol. The minimum atomic E-state index is 0.258. The molecule has 1 saturated carbocycles. The lowest BCUT2D eigenvalue weighted by atomic mass is 9.63. The van der Waals surface area contributed by atoms with Gasteiger partial charge in [0.25, 0.3) is 0 Å². The Kier molecular flexibility index (Phi) is 3.36. The van der Waals surface area contributed by atoms with Crippen LogP contribution < -0.4 is 0 Å². The van der Waals surface area contributed by atoms with E-state index in [2.05, 4.69) is 45.7 Å². The molecule has 0 spiro atoms. The Balaban J connectivity index is 2.78. The van der Waals surface area contributed by atoms with Gasteiger partial charge in [-0.25, -0.2) is 0 Å². The summed E-state index contributed by atoms with van der Waals surface area (Å²) in [5.74, 6) is 1.25. The molecule has 14 heavy (non-hydrogen) atoms. The van der Waals surface area contributed by atoms with Gasteiger partial charge in [0, 0.05) is 0 Å². The van der Waals surface area contributed by atoms with E-state index < -0.39 is 0 Å². The number of hydrogen-bond acceptors (Lipinski definition) is 0. The van der Waals surface area contributed by atoms with Gasteiger partial charge in [0.05, 0.1) is 0 Å². The molecule has 1 fully saturated rings. The van der Waals surface area contributed by atoms with Crippen LogP contribution in [-0.2, 0) is 0 Å². The number of allylic oxidation sites excluding steroid dienone is 3. The molecule has 0 nitrogen and oxygen atoms in total. The van der Waals surface area contributed by atoms with E-state index in [1.807, 2.05) is 0 Å². The smallest absolute Gasteiger partial charge is 0.00861 e. The maximum atomic E-state index is 4.06. The fourth-order valence-electron chi connectivity index (χ4n) is 2.43. The summed E-state index contributed by atoms with van der Waals surface area (Å²) in [6, 6.07) is 0. The summed E-state index contributed by atoms with van der Waals surface area (Å²) in [6.07, 6.45) is 7.86. The standard InChI is InChI=1S/C14H22/c1-6-13-10-12(11(3)4)8-9-14(13,5)7-2/h6-7,12-13H,1-3,8-10H2,4-5H3/t12-,13-,14-/m1/s1. The molecule has 0 bridgehead atoms. The van der Waals surface area contributed by atoms with Crippen LogP contribution in [0.25, 0.3) is 0 Å². The van der Waals surface area contributed by atoms with Crippen molar-refractivity contribution in [3.05, 3.63) is 37.5 Å². The highest BCUT2D eigenvalue weighted by Crippen LogP contribution is 2.46. The fraction of sp³-hybridized carbons (Fsp3) is 0.571. The van der Waals surface area contributed by atoms with Gasteiger partial charge in [-0.15, -0.1) is 13.2 Å². The van der Waals surface area contributed by atoms with Gasteiger partial charge in [0.15, 0.2) is 0 Å². The maximum absolute atomic E-state index is 4.06.